The first-order chi connectivity index (χ1) is 13.6. The molecule has 2 amide bonds. The summed E-state index contributed by atoms with van der Waals surface area (Å²) in [6.07, 6.45) is 3.25. The molecule has 1 aromatic heterocycles. The minimum atomic E-state index is -0.425. The van der Waals surface area contributed by atoms with Gasteiger partial charge in [0, 0.05) is 35.9 Å². The van der Waals surface area contributed by atoms with Crippen LogP contribution in [0.25, 0.3) is 10.9 Å². The number of hydrogen-bond acceptors (Lipinski definition) is 4. The summed E-state index contributed by atoms with van der Waals surface area (Å²) in [5, 5.41) is 7.09. The van der Waals surface area contributed by atoms with Crippen LogP contribution in [-0.4, -0.2) is 29.4 Å². The second-order valence-electron chi connectivity index (χ2n) is 6.93. The van der Waals surface area contributed by atoms with Crippen LogP contribution in [0.15, 0.2) is 60.8 Å². The topological polar surface area (TPSA) is 74.3 Å². The number of hydrogen-bond donors (Lipinski definition) is 2. The van der Waals surface area contributed by atoms with Gasteiger partial charge in [0.05, 0.1) is 11.2 Å². The molecule has 0 radical (unpaired) electrons. The van der Waals surface area contributed by atoms with Crippen LogP contribution in [0, 0.1) is 0 Å². The van der Waals surface area contributed by atoms with Gasteiger partial charge in [-0.05, 0) is 61.9 Å². The Kier molecular flexibility index (Phi) is 4.93. The highest BCUT2D eigenvalue weighted by atomic mass is 16.2. The molecule has 4 rings (SSSR count). The summed E-state index contributed by atoms with van der Waals surface area (Å²) in [5.74, 6) is 0.0354. The first-order valence-electron chi connectivity index (χ1n) is 9.43. The van der Waals surface area contributed by atoms with Crippen molar-refractivity contribution in [2.45, 2.75) is 25.8 Å². The molecule has 1 aliphatic heterocycles. The van der Waals surface area contributed by atoms with Gasteiger partial charge in [0.1, 0.15) is 6.04 Å². The van der Waals surface area contributed by atoms with Gasteiger partial charge in [0.15, 0.2) is 0 Å². The molecule has 3 aromatic rings. The SMILES string of the molecule is CC(Nc1ccc(N2CCCC2=O)cc1)C(=O)Nc1cccc2ncccc12. The number of aromatic nitrogens is 1. The highest BCUT2D eigenvalue weighted by Crippen LogP contribution is 2.24. The maximum absolute atomic E-state index is 12.6. The van der Waals surface area contributed by atoms with Gasteiger partial charge in [-0.1, -0.05) is 6.07 Å². The number of pyridine rings is 1. The zero-order chi connectivity index (χ0) is 19.5. The second-order valence-corrected chi connectivity index (χ2v) is 6.93. The van der Waals surface area contributed by atoms with E-state index in [-0.39, 0.29) is 11.8 Å². The van der Waals surface area contributed by atoms with Crippen molar-refractivity contribution in [2.75, 3.05) is 22.1 Å². The summed E-state index contributed by atoms with van der Waals surface area (Å²) < 4.78 is 0. The summed E-state index contributed by atoms with van der Waals surface area (Å²) in [5.41, 5.74) is 3.31. The van der Waals surface area contributed by atoms with E-state index >= 15 is 0 Å². The van der Waals surface area contributed by atoms with Gasteiger partial charge in [-0.3, -0.25) is 14.6 Å². The molecule has 1 saturated heterocycles. The third-order valence-corrected chi connectivity index (χ3v) is 4.93. The molecule has 1 fully saturated rings. The fourth-order valence-corrected chi connectivity index (χ4v) is 3.43. The number of nitrogens with one attached hydrogen (secondary N) is 2. The smallest absolute Gasteiger partial charge is 0.246 e. The molecule has 1 atom stereocenters. The number of carbonyl (C=O) groups is 2. The summed E-state index contributed by atoms with van der Waals surface area (Å²) in [7, 11) is 0. The Balaban J connectivity index is 1.42. The normalized spacial score (nSPS) is 14.9. The number of nitrogens with zero attached hydrogens (tertiary/aromatic N) is 2. The summed E-state index contributed by atoms with van der Waals surface area (Å²) in [6.45, 7) is 2.58. The van der Waals surface area contributed by atoms with Gasteiger partial charge in [0.2, 0.25) is 11.8 Å². The number of amides is 2. The van der Waals surface area contributed by atoms with Gasteiger partial charge in [0.25, 0.3) is 0 Å². The van der Waals surface area contributed by atoms with E-state index in [1.54, 1.807) is 11.1 Å². The van der Waals surface area contributed by atoms with E-state index in [1.807, 2.05) is 61.5 Å². The second kappa shape index (κ2) is 7.68. The van der Waals surface area contributed by atoms with Crippen molar-refractivity contribution < 1.29 is 9.59 Å². The lowest BCUT2D eigenvalue weighted by Gasteiger charge is -2.18. The first-order valence-corrected chi connectivity index (χ1v) is 9.43. The van der Waals surface area contributed by atoms with Crippen molar-refractivity contribution in [1.82, 2.24) is 4.98 Å². The van der Waals surface area contributed by atoms with E-state index in [0.717, 1.165) is 40.9 Å². The Morgan fingerprint density at radius 1 is 1.11 bits per heavy atom. The average Bonchev–Trinajstić information content (AvgIpc) is 3.14. The van der Waals surface area contributed by atoms with Crippen molar-refractivity contribution in [3.63, 3.8) is 0 Å². The molecule has 1 aliphatic rings. The number of benzene rings is 2. The molecule has 142 valence electrons. The Morgan fingerprint density at radius 3 is 2.68 bits per heavy atom. The zero-order valence-corrected chi connectivity index (χ0v) is 15.7. The van der Waals surface area contributed by atoms with Crippen LogP contribution < -0.4 is 15.5 Å². The molecular formula is C22H22N4O2. The standard InChI is InChI=1S/C22H22N4O2/c1-15(22(28)25-20-7-2-6-19-18(20)5-3-13-23-19)24-16-9-11-17(12-10-16)26-14-4-8-21(26)27/h2-3,5-7,9-13,15,24H,4,8,14H2,1H3,(H,25,28). The molecule has 6 nitrogen and oxygen atoms in total. The quantitative estimate of drug-likeness (QED) is 0.712. The minimum absolute atomic E-state index is 0.129. The maximum Gasteiger partial charge on any atom is 0.246 e. The van der Waals surface area contributed by atoms with Gasteiger partial charge in [-0.25, -0.2) is 0 Å². The Hall–Kier alpha value is -3.41. The van der Waals surface area contributed by atoms with Crippen molar-refractivity contribution in [3.8, 4) is 0 Å². The first kappa shape index (κ1) is 18.0. The summed E-state index contributed by atoms with van der Waals surface area (Å²) in [4.78, 5) is 30.6. The largest absolute Gasteiger partial charge is 0.374 e. The van der Waals surface area contributed by atoms with Crippen molar-refractivity contribution >= 4 is 39.8 Å². The Morgan fingerprint density at radius 2 is 1.93 bits per heavy atom. The van der Waals surface area contributed by atoms with E-state index in [0.29, 0.717) is 6.42 Å². The van der Waals surface area contributed by atoms with Gasteiger partial charge in [-0.2, -0.15) is 0 Å². The molecule has 0 aliphatic carbocycles. The highest BCUT2D eigenvalue weighted by Gasteiger charge is 2.21. The number of anilines is 3. The predicted molar refractivity (Wildman–Crippen MR) is 111 cm³/mol. The maximum atomic E-state index is 12.6. The van der Waals surface area contributed by atoms with Crippen LogP contribution in [0.3, 0.4) is 0 Å². The van der Waals surface area contributed by atoms with E-state index in [4.69, 9.17) is 0 Å². The number of carbonyl (C=O) groups excluding carboxylic acids is 2. The van der Waals surface area contributed by atoms with Crippen LogP contribution in [0.4, 0.5) is 17.1 Å². The third-order valence-electron chi connectivity index (χ3n) is 4.93. The molecule has 6 heteroatoms. The monoisotopic (exact) mass is 374 g/mol. The molecule has 0 saturated carbocycles. The molecule has 1 unspecified atom stereocenters. The Bertz CT molecular complexity index is 1010. The minimum Gasteiger partial charge on any atom is -0.374 e. The molecule has 0 spiro atoms. The van der Waals surface area contributed by atoms with Crippen LogP contribution in [0.2, 0.25) is 0 Å². The number of fused-ring (bicyclic) bond motifs is 1. The van der Waals surface area contributed by atoms with Crippen molar-refractivity contribution in [3.05, 3.63) is 60.8 Å². The molecule has 2 heterocycles. The lowest BCUT2D eigenvalue weighted by atomic mass is 10.1. The van der Waals surface area contributed by atoms with Gasteiger partial charge >= 0.3 is 0 Å². The van der Waals surface area contributed by atoms with E-state index < -0.39 is 6.04 Å². The number of rotatable bonds is 5. The Labute approximate surface area is 163 Å². The van der Waals surface area contributed by atoms with E-state index in [9.17, 15) is 9.59 Å². The fourth-order valence-electron chi connectivity index (χ4n) is 3.43. The predicted octanol–water partition coefficient (Wildman–Crippen LogP) is 3.80. The summed E-state index contributed by atoms with van der Waals surface area (Å²) in [6, 6.07) is 16.6. The zero-order valence-electron chi connectivity index (χ0n) is 15.7. The van der Waals surface area contributed by atoms with Crippen LogP contribution >= 0.6 is 0 Å². The fraction of sp³-hybridized carbons (Fsp3) is 0.227. The van der Waals surface area contributed by atoms with Crippen LogP contribution in [0.5, 0.6) is 0 Å². The summed E-state index contributed by atoms with van der Waals surface area (Å²) >= 11 is 0. The van der Waals surface area contributed by atoms with Crippen LogP contribution in [-0.2, 0) is 9.59 Å². The lowest BCUT2D eigenvalue weighted by molar-refractivity contribution is -0.117. The van der Waals surface area contributed by atoms with Crippen LogP contribution in [0.1, 0.15) is 19.8 Å². The molecule has 28 heavy (non-hydrogen) atoms. The van der Waals surface area contributed by atoms with Crippen molar-refractivity contribution in [1.29, 1.82) is 0 Å². The van der Waals surface area contributed by atoms with Crippen molar-refractivity contribution in [2.24, 2.45) is 0 Å². The lowest BCUT2D eigenvalue weighted by Crippen LogP contribution is -2.32. The van der Waals surface area contributed by atoms with E-state index in [2.05, 4.69) is 15.6 Å². The highest BCUT2D eigenvalue weighted by molar-refractivity contribution is 6.03. The van der Waals surface area contributed by atoms with Gasteiger partial charge in [-0.15, -0.1) is 0 Å². The average molecular weight is 374 g/mol. The molecular weight excluding hydrogens is 352 g/mol. The van der Waals surface area contributed by atoms with Gasteiger partial charge < -0.3 is 15.5 Å². The molecule has 0 bridgehead atoms. The molecule has 2 aromatic carbocycles. The van der Waals surface area contributed by atoms with E-state index in [1.165, 1.54) is 0 Å². The third kappa shape index (κ3) is 3.67. The molecule has 2 N–H and O–H groups in total.